The molecule has 0 saturated carbocycles. The molecule has 3 rings (SSSR count). The summed E-state index contributed by atoms with van der Waals surface area (Å²) in [4.78, 5) is 4.15. The highest BCUT2D eigenvalue weighted by molar-refractivity contribution is 6.42. The Hall–Kier alpha value is -0.960. The summed E-state index contributed by atoms with van der Waals surface area (Å²) in [5.41, 5.74) is 2.81. The molecule has 2 aromatic rings. The van der Waals surface area contributed by atoms with Crippen LogP contribution < -0.4 is 5.32 Å². The summed E-state index contributed by atoms with van der Waals surface area (Å²) in [6, 6.07) is 10.1. The van der Waals surface area contributed by atoms with Gasteiger partial charge in [-0.15, -0.1) is 0 Å². The molecular formula is C14H11Cl3N2. The second-order valence-corrected chi connectivity index (χ2v) is 5.74. The predicted octanol–water partition coefficient (Wildman–Crippen LogP) is 4.79. The lowest BCUT2D eigenvalue weighted by atomic mass is 9.77. The zero-order chi connectivity index (χ0) is 13.4. The Kier molecular flexibility index (Phi) is 3.57. The highest BCUT2D eigenvalue weighted by Crippen LogP contribution is 2.35. The van der Waals surface area contributed by atoms with Gasteiger partial charge in [-0.1, -0.05) is 59.1 Å². The van der Waals surface area contributed by atoms with Crippen LogP contribution in [-0.4, -0.2) is 11.5 Å². The van der Waals surface area contributed by atoms with E-state index in [0.29, 0.717) is 21.8 Å². The third kappa shape index (κ3) is 2.53. The summed E-state index contributed by atoms with van der Waals surface area (Å²) in [7, 11) is 0. The van der Waals surface area contributed by atoms with Crippen molar-refractivity contribution < 1.29 is 0 Å². The summed E-state index contributed by atoms with van der Waals surface area (Å²) in [5.74, 6) is 1.09. The second kappa shape index (κ2) is 5.20. The molecular weight excluding hydrogens is 303 g/mol. The van der Waals surface area contributed by atoms with Crippen LogP contribution in [-0.2, 0) is 6.42 Å². The van der Waals surface area contributed by atoms with Crippen LogP contribution in [0.5, 0.6) is 0 Å². The van der Waals surface area contributed by atoms with Crippen molar-refractivity contribution in [1.29, 1.82) is 0 Å². The molecule has 0 aliphatic heterocycles. The number of nitrogens with one attached hydrogen (secondary N) is 1. The van der Waals surface area contributed by atoms with E-state index in [4.69, 9.17) is 34.8 Å². The lowest BCUT2D eigenvalue weighted by molar-refractivity contribution is 0.634. The monoisotopic (exact) mass is 312 g/mol. The van der Waals surface area contributed by atoms with Gasteiger partial charge >= 0.3 is 0 Å². The topological polar surface area (TPSA) is 24.9 Å². The first kappa shape index (κ1) is 13.0. The van der Waals surface area contributed by atoms with Crippen molar-refractivity contribution in [3.63, 3.8) is 0 Å². The quantitative estimate of drug-likeness (QED) is 0.824. The fourth-order valence-electron chi connectivity index (χ4n) is 2.33. The number of anilines is 1. The van der Waals surface area contributed by atoms with Gasteiger partial charge in [0, 0.05) is 12.5 Å². The van der Waals surface area contributed by atoms with Gasteiger partial charge in [0.15, 0.2) is 0 Å². The number of rotatable bonds is 3. The van der Waals surface area contributed by atoms with Crippen LogP contribution in [0.1, 0.15) is 17.0 Å². The second-order valence-electron chi connectivity index (χ2n) is 4.57. The third-order valence-electron chi connectivity index (χ3n) is 3.36. The molecule has 1 heterocycles. The fourth-order valence-corrected chi connectivity index (χ4v) is 2.90. The normalized spacial score (nSPS) is 16.7. The van der Waals surface area contributed by atoms with E-state index < -0.39 is 0 Å². The first-order valence-electron chi connectivity index (χ1n) is 5.98. The lowest BCUT2D eigenvalue weighted by Gasteiger charge is -2.30. The van der Waals surface area contributed by atoms with Crippen LogP contribution >= 0.6 is 34.8 Å². The molecule has 1 aliphatic rings. The van der Waals surface area contributed by atoms with Gasteiger partial charge in [0.05, 0.1) is 10.0 Å². The lowest BCUT2D eigenvalue weighted by Crippen LogP contribution is -2.24. The van der Waals surface area contributed by atoms with E-state index >= 15 is 0 Å². The maximum absolute atomic E-state index is 6.08. The minimum Gasteiger partial charge on any atom is -0.368 e. The summed E-state index contributed by atoms with van der Waals surface area (Å²) >= 11 is 17.8. The van der Waals surface area contributed by atoms with Crippen LogP contribution in [0.3, 0.4) is 0 Å². The van der Waals surface area contributed by atoms with E-state index in [9.17, 15) is 0 Å². The highest BCUT2D eigenvalue weighted by atomic mass is 35.5. The van der Waals surface area contributed by atoms with Crippen molar-refractivity contribution in [2.45, 2.75) is 12.3 Å². The van der Waals surface area contributed by atoms with Crippen LogP contribution in [0, 0.1) is 0 Å². The number of benzene rings is 1. The summed E-state index contributed by atoms with van der Waals surface area (Å²) in [6.45, 7) is 0.793. The zero-order valence-electron chi connectivity index (χ0n) is 9.96. The Balaban J connectivity index is 1.70. The molecule has 0 radical (unpaired) electrons. The van der Waals surface area contributed by atoms with Gasteiger partial charge < -0.3 is 5.32 Å². The van der Waals surface area contributed by atoms with E-state index in [0.717, 1.165) is 13.0 Å². The zero-order valence-corrected chi connectivity index (χ0v) is 12.2. The molecule has 0 saturated heterocycles. The van der Waals surface area contributed by atoms with Gasteiger partial charge in [0.25, 0.3) is 0 Å². The molecule has 1 N–H and O–H groups in total. The van der Waals surface area contributed by atoms with Crippen molar-refractivity contribution in [3.8, 4) is 0 Å². The molecule has 98 valence electrons. The Morgan fingerprint density at radius 2 is 1.95 bits per heavy atom. The number of fused-ring (bicyclic) bond motifs is 1. The van der Waals surface area contributed by atoms with Crippen molar-refractivity contribution in [2.75, 3.05) is 11.9 Å². The highest BCUT2D eigenvalue weighted by Gasteiger charge is 2.25. The average molecular weight is 314 g/mol. The first-order chi connectivity index (χ1) is 9.15. The van der Waals surface area contributed by atoms with Gasteiger partial charge in [-0.25, -0.2) is 4.98 Å². The van der Waals surface area contributed by atoms with Crippen LogP contribution in [0.2, 0.25) is 15.2 Å². The molecule has 1 unspecified atom stereocenters. The molecule has 0 bridgehead atoms. The first-order valence-corrected chi connectivity index (χ1v) is 7.12. The van der Waals surface area contributed by atoms with Gasteiger partial charge in [-0.05, 0) is 23.6 Å². The largest absolute Gasteiger partial charge is 0.368 e. The number of aromatic nitrogens is 1. The van der Waals surface area contributed by atoms with Gasteiger partial charge in [-0.2, -0.15) is 0 Å². The number of nitrogens with zero attached hydrogens (tertiary/aromatic N) is 1. The van der Waals surface area contributed by atoms with Crippen molar-refractivity contribution in [3.05, 3.63) is 56.7 Å². The summed E-state index contributed by atoms with van der Waals surface area (Å²) in [5, 5.41) is 4.36. The molecule has 0 fully saturated rings. The Bertz CT molecular complexity index is 628. The van der Waals surface area contributed by atoms with E-state index in [2.05, 4.69) is 34.6 Å². The minimum atomic E-state index is 0.266. The Labute approximate surface area is 126 Å². The molecule has 2 nitrogen and oxygen atoms in total. The van der Waals surface area contributed by atoms with Crippen LogP contribution in [0.25, 0.3) is 0 Å². The summed E-state index contributed by atoms with van der Waals surface area (Å²) < 4.78 is 0. The van der Waals surface area contributed by atoms with Gasteiger partial charge in [0.1, 0.15) is 11.0 Å². The maximum Gasteiger partial charge on any atom is 0.150 e. The van der Waals surface area contributed by atoms with E-state index in [1.165, 1.54) is 11.1 Å². The molecule has 1 aliphatic carbocycles. The molecule has 1 aromatic carbocycles. The molecule has 5 heteroatoms. The van der Waals surface area contributed by atoms with Crippen LogP contribution in [0.4, 0.5) is 5.82 Å². The molecule has 1 atom stereocenters. The Morgan fingerprint density at radius 3 is 2.74 bits per heavy atom. The SMILES string of the molecule is Clc1cc(Cl)c(NCC2Cc3ccccc32)nc1Cl. The molecule has 19 heavy (non-hydrogen) atoms. The third-order valence-corrected chi connectivity index (χ3v) is 4.32. The van der Waals surface area contributed by atoms with E-state index in [1.54, 1.807) is 6.07 Å². The van der Waals surface area contributed by atoms with E-state index in [1.807, 2.05) is 0 Å². The van der Waals surface area contributed by atoms with Gasteiger partial charge in [0.2, 0.25) is 0 Å². The summed E-state index contributed by atoms with van der Waals surface area (Å²) in [6.07, 6.45) is 1.09. The van der Waals surface area contributed by atoms with E-state index in [-0.39, 0.29) is 5.15 Å². The standard InChI is InChI=1S/C14H11Cl3N2/c15-11-6-12(16)14(19-13(11)17)18-7-9-5-8-3-1-2-4-10(8)9/h1-4,6,9H,5,7H2,(H,18,19). The number of pyridine rings is 1. The van der Waals surface area contributed by atoms with Crippen molar-refractivity contribution in [1.82, 2.24) is 4.98 Å². The van der Waals surface area contributed by atoms with Crippen molar-refractivity contribution >= 4 is 40.6 Å². The maximum atomic E-state index is 6.08. The Morgan fingerprint density at radius 1 is 1.16 bits per heavy atom. The molecule has 0 amide bonds. The fraction of sp³-hybridized carbons (Fsp3) is 0.214. The van der Waals surface area contributed by atoms with Crippen LogP contribution in [0.15, 0.2) is 30.3 Å². The average Bonchev–Trinajstić information content (AvgIpc) is 2.36. The smallest absolute Gasteiger partial charge is 0.150 e. The number of hydrogen-bond donors (Lipinski definition) is 1. The number of hydrogen-bond acceptors (Lipinski definition) is 2. The van der Waals surface area contributed by atoms with Crippen molar-refractivity contribution in [2.24, 2.45) is 0 Å². The minimum absolute atomic E-state index is 0.266. The number of halogens is 3. The van der Waals surface area contributed by atoms with Gasteiger partial charge in [-0.3, -0.25) is 0 Å². The molecule has 1 aromatic heterocycles. The molecule has 0 spiro atoms. The predicted molar refractivity (Wildman–Crippen MR) is 80.6 cm³/mol.